The summed E-state index contributed by atoms with van der Waals surface area (Å²) in [5, 5.41) is 13.9. The highest BCUT2D eigenvalue weighted by Gasteiger charge is 2.13. The van der Waals surface area contributed by atoms with E-state index in [0.717, 1.165) is 0 Å². The SMILES string of the molecule is CC(=O)NC(C)C(=O)NCc1cccc(C(=O)O)c1. The maximum atomic E-state index is 11.6. The van der Waals surface area contributed by atoms with Gasteiger partial charge in [0.2, 0.25) is 11.8 Å². The molecule has 6 nitrogen and oxygen atoms in total. The van der Waals surface area contributed by atoms with Crippen molar-refractivity contribution in [3.05, 3.63) is 35.4 Å². The number of hydrogen-bond donors (Lipinski definition) is 3. The molecule has 0 radical (unpaired) electrons. The van der Waals surface area contributed by atoms with Crippen molar-refractivity contribution in [1.82, 2.24) is 10.6 Å². The molecule has 1 rings (SSSR count). The van der Waals surface area contributed by atoms with Gasteiger partial charge in [0.1, 0.15) is 6.04 Å². The Balaban J connectivity index is 2.57. The van der Waals surface area contributed by atoms with Crippen LogP contribution in [0.1, 0.15) is 29.8 Å². The van der Waals surface area contributed by atoms with Crippen LogP contribution in [0.2, 0.25) is 0 Å². The Morgan fingerprint density at radius 1 is 1.32 bits per heavy atom. The molecule has 1 atom stereocenters. The molecule has 0 spiro atoms. The minimum absolute atomic E-state index is 0.168. The van der Waals surface area contributed by atoms with Crippen molar-refractivity contribution in [2.24, 2.45) is 0 Å². The predicted molar refractivity (Wildman–Crippen MR) is 68.5 cm³/mol. The lowest BCUT2D eigenvalue weighted by molar-refractivity contribution is -0.127. The van der Waals surface area contributed by atoms with Crippen molar-refractivity contribution in [3.8, 4) is 0 Å². The Kier molecular flexibility index (Phi) is 5.05. The second-order valence-corrected chi connectivity index (χ2v) is 4.15. The number of amides is 2. The first-order valence-corrected chi connectivity index (χ1v) is 5.77. The molecule has 6 heteroatoms. The van der Waals surface area contributed by atoms with Gasteiger partial charge in [0.15, 0.2) is 0 Å². The first-order chi connectivity index (χ1) is 8.90. The van der Waals surface area contributed by atoms with Crippen molar-refractivity contribution in [1.29, 1.82) is 0 Å². The second-order valence-electron chi connectivity index (χ2n) is 4.15. The van der Waals surface area contributed by atoms with E-state index in [1.165, 1.54) is 19.1 Å². The zero-order chi connectivity index (χ0) is 14.4. The van der Waals surface area contributed by atoms with Crippen LogP contribution in [-0.4, -0.2) is 28.9 Å². The number of aromatic carboxylic acids is 1. The van der Waals surface area contributed by atoms with E-state index in [0.29, 0.717) is 5.56 Å². The van der Waals surface area contributed by atoms with Crippen LogP contribution in [0.4, 0.5) is 0 Å². The van der Waals surface area contributed by atoms with Gasteiger partial charge in [-0.15, -0.1) is 0 Å². The van der Waals surface area contributed by atoms with Crippen molar-refractivity contribution in [3.63, 3.8) is 0 Å². The molecule has 2 amide bonds. The zero-order valence-electron chi connectivity index (χ0n) is 10.8. The lowest BCUT2D eigenvalue weighted by Gasteiger charge is -2.12. The van der Waals surface area contributed by atoms with Crippen molar-refractivity contribution >= 4 is 17.8 Å². The highest BCUT2D eigenvalue weighted by atomic mass is 16.4. The van der Waals surface area contributed by atoms with E-state index in [1.54, 1.807) is 19.1 Å². The van der Waals surface area contributed by atoms with Crippen molar-refractivity contribution in [2.75, 3.05) is 0 Å². The summed E-state index contributed by atoms with van der Waals surface area (Å²) in [6.45, 7) is 3.12. The summed E-state index contributed by atoms with van der Waals surface area (Å²) in [4.78, 5) is 33.2. The van der Waals surface area contributed by atoms with Gasteiger partial charge < -0.3 is 15.7 Å². The van der Waals surface area contributed by atoms with Crippen LogP contribution in [0, 0.1) is 0 Å². The summed E-state index contributed by atoms with van der Waals surface area (Å²) in [6.07, 6.45) is 0. The molecule has 102 valence electrons. The Morgan fingerprint density at radius 2 is 2.00 bits per heavy atom. The fraction of sp³-hybridized carbons (Fsp3) is 0.308. The van der Waals surface area contributed by atoms with Crippen LogP contribution in [0.15, 0.2) is 24.3 Å². The molecule has 0 aromatic heterocycles. The third-order valence-corrected chi connectivity index (χ3v) is 2.45. The molecule has 0 fully saturated rings. The van der Waals surface area contributed by atoms with E-state index in [4.69, 9.17) is 5.11 Å². The number of carbonyl (C=O) groups is 3. The molecular formula is C13H16N2O4. The molecule has 0 saturated heterocycles. The van der Waals surface area contributed by atoms with Gasteiger partial charge >= 0.3 is 5.97 Å². The summed E-state index contributed by atoms with van der Waals surface area (Å²) in [5.74, 6) is -1.62. The van der Waals surface area contributed by atoms with Gasteiger partial charge in [0, 0.05) is 13.5 Å². The molecule has 19 heavy (non-hydrogen) atoms. The van der Waals surface area contributed by atoms with Crippen LogP contribution in [0.5, 0.6) is 0 Å². The van der Waals surface area contributed by atoms with E-state index in [2.05, 4.69) is 10.6 Å². The Bertz CT molecular complexity index is 499. The van der Waals surface area contributed by atoms with Crippen LogP contribution in [0.25, 0.3) is 0 Å². The van der Waals surface area contributed by atoms with Crippen molar-refractivity contribution < 1.29 is 19.5 Å². The fourth-order valence-corrected chi connectivity index (χ4v) is 1.53. The molecule has 1 unspecified atom stereocenters. The number of rotatable bonds is 5. The van der Waals surface area contributed by atoms with Gasteiger partial charge in [-0.2, -0.15) is 0 Å². The highest BCUT2D eigenvalue weighted by molar-refractivity contribution is 5.88. The monoisotopic (exact) mass is 264 g/mol. The standard InChI is InChI=1S/C13H16N2O4/c1-8(15-9(2)16)12(17)14-7-10-4-3-5-11(6-10)13(18)19/h3-6,8H,7H2,1-2H3,(H,14,17)(H,15,16)(H,18,19). The Morgan fingerprint density at radius 3 is 2.58 bits per heavy atom. The van der Waals surface area contributed by atoms with Crippen LogP contribution in [-0.2, 0) is 16.1 Å². The van der Waals surface area contributed by atoms with Gasteiger partial charge in [-0.25, -0.2) is 4.79 Å². The number of benzene rings is 1. The van der Waals surface area contributed by atoms with Crippen molar-refractivity contribution in [2.45, 2.75) is 26.4 Å². The van der Waals surface area contributed by atoms with Crippen LogP contribution >= 0.6 is 0 Å². The first kappa shape index (κ1) is 14.7. The molecule has 1 aromatic carbocycles. The van der Waals surface area contributed by atoms with Gasteiger partial charge in [0.05, 0.1) is 5.56 Å². The molecule has 1 aromatic rings. The fourth-order valence-electron chi connectivity index (χ4n) is 1.53. The third kappa shape index (κ3) is 4.79. The molecule has 0 aliphatic heterocycles. The third-order valence-electron chi connectivity index (χ3n) is 2.45. The smallest absolute Gasteiger partial charge is 0.335 e. The van der Waals surface area contributed by atoms with Gasteiger partial charge in [-0.1, -0.05) is 12.1 Å². The summed E-state index contributed by atoms with van der Waals surface area (Å²) in [5.41, 5.74) is 0.852. The molecule has 0 bridgehead atoms. The van der Waals surface area contributed by atoms with Gasteiger partial charge in [-0.05, 0) is 24.6 Å². The van der Waals surface area contributed by atoms with Gasteiger partial charge in [0.25, 0.3) is 0 Å². The maximum absolute atomic E-state index is 11.6. The molecule has 0 heterocycles. The highest BCUT2D eigenvalue weighted by Crippen LogP contribution is 2.05. The normalized spacial score (nSPS) is 11.5. The van der Waals surface area contributed by atoms with Crippen LogP contribution < -0.4 is 10.6 Å². The molecule has 0 saturated carbocycles. The summed E-state index contributed by atoms with van der Waals surface area (Å²) >= 11 is 0. The van der Waals surface area contributed by atoms with E-state index in [1.807, 2.05) is 0 Å². The van der Waals surface area contributed by atoms with E-state index in [-0.39, 0.29) is 23.9 Å². The maximum Gasteiger partial charge on any atom is 0.335 e. The Labute approximate surface area is 110 Å². The minimum Gasteiger partial charge on any atom is -0.478 e. The summed E-state index contributed by atoms with van der Waals surface area (Å²) in [7, 11) is 0. The first-order valence-electron chi connectivity index (χ1n) is 5.77. The predicted octanol–water partition coefficient (Wildman–Crippen LogP) is 0.526. The summed E-state index contributed by atoms with van der Waals surface area (Å²) < 4.78 is 0. The number of carboxylic acid groups (broad SMARTS) is 1. The number of hydrogen-bond acceptors (Lipinski definition) is 3. The van der Waals surface area contributed by atoms with E-state index < -0.39 is 12.0 Å². The lowest BCUT2D eigenvalue weighted by atomic mass is 10.1. The molecule has 0 aliphatic carbocycles. The molecule has 0 aliphatic rings. The zero-order valence-corrected chi connectivity index (χ0v) is 10.8. The molecular weight excluding hydrogens is 248 g/mol. The van der Waals surface area contributed by atoms with E-state index >= 15 is 0 Å². The average Bonchev–Trinajstić information content (AvgIpc) is 2.35. The second kappa shape index (κ2) is 6.53. The number of carbonyl (C=O) groups excluding carboxylic acids is 2. The largest absolute Gasteiger partial charge is 0.478 e. The average molecular weight is 264 g/mol. The lowest BCUT2D eigenvalue weighted by Crippen LogP contribution is -2.43. The topological polar surface area (TPSA) is 95.5 Å². The quantitative estimate of drug-likeness (QED) is 0.722. The van der Waals surface area contributed by atoms with E-state index in [9.17, 15) is 14.4 Å². The van der Waals surface area contributed by atoms with Gasteiger partial charge in [-0.3, -0.25) is 9.59 Å². The minimum atomic E-state index is -1.01. The Hall–Kier alpha value is -2.37. The molecule has 3 N–H and O–H groups in total. The summed E-state index contributed by atoms with van der Waals surface area (Å²) in [6, 6.07) is 5.68. The number of nitrogens with one attached hydrogen (secondary N) is 2. The van der Waals surface area contributed by atoms with Crippen LogP contribution in [0.3, 0.4) is 0 Å². The number of carboxylic acids is 1.